The van der Waals surface area contributed by atoms with Gasteiger partial charge in [-0.3, -0.25) is 8.89 Å². The Hall–Kier alpha value is -1.46. The van der Waals surface area contributed by atoms with Crippen molar-refractivity contribution in [3.8, 4) is 0 Å². The van der Waals surface area contributed by atoms with Crippen LogP contribution in [-0.4, -0.2) is 31.0 Å². The van der Waals surface area contributed by atoms with E-state index in [1.165, 1.54) is 0 Å². The van der Waals surface area contributed by atoms with Gasteiger partial charge in [0.25, 0.3) is 0 Å². The average molecular weight is 264 g/mol. The number of rotatable bonds is 6. The van der Waals surface area contributed by atoms with E-state index in [1.807, 2.05) is 30.3 Å². The molecule has 0 fully saturated rings. The summed E-state index contributed by atoms with van der Waals surface area (Å²) in [6.45, 7) is 0.382. The summed E-state index contributed by atoms with van der Waals surface area (Å²) < 4.78 is 13.5. The number of aliphatic hydroxyl groups is 1. The third-order valence-corrected chi connectivity index (χ3v) is 3.92. The average Bonchev–Trinajstić information content (AvgIpc) is 2.82. The molecule has 4 nitrogen and oxygen atoms in total. The van der Waals surface area contributed by atoms with E-state index in [9.17, 15) is 9.32 Å². The molecule has 1 aromatic carbocycles. The molecule has 0 unspecified atom stereocenters. The van der Waals surface area contributed by atoms with Gasteiger partial charge in [-0.05, 0) is 11.6 Å². The van der Waals surface area contributed by atoms with E-state index in [2.05, 4.69) is 5.10 Å². The highest BCUT2D eigenvalue weighted by molar-refractivity contribution is 7.84. The van der Waals surface area contributed by atoms with Crippen LogP contribution < -0.4 is 0 Å². The molecule has 18 heavy (non-hydrogen) atoms. The maximum Gasteiger partial charge on any atom is 0.0851 e. The minimum atomic E-state index is -1.05. The molecule has 0 saturated heterocycles. The smallest absolute Gasteiger partial charge is 0.0851 e. The molecule has 0 spiro atoms. The second-order valence-electron chi connectivity index (χ2n) is 4.12. The first-order valence-electron chi connectivity index (χ1n) is 5.78. The van der Waals surface area contributed by atoms with Crippen molar-refractivity contribution in [1.29, 1.82) is 0 Å². The molecular weight excluding hydrogens is 248 g/mol. The summed E-state index contributed by atoms with van der Waals surface area (Å²) in [5.41, 5.74) is 1.03. The number of nitrogens with zero attached hydrogens (tertiary/aromatic N) is 2. The molecule has 0 bridgehead atoms. The largest absolute Gasteiger partial charge is 0.390 e. The van der Waals surface area contributed by atoms with Crippen molar-refractivity contribution in [3.05, 3.63) is 54.4 Å². The molecule has 1 N–H and O–H groups in total. The Morgan fingerprint density at radius 1 is 1.28 bits per heavy atom. The van der Waals surface area contributed by atoms with E-state index >= 15 is 0 Å². The van der Waals surface area contributed by atoms with Crippen molar-refractivity contribution in [3.63, 3.8) is 0 Å². The third kappa shape index (κ3) is 4.09. The van der Waals surface area contributed by atoms with Crippen molar-refractivity contribution in [2.75, 3.05) is 5.75 Å². The van der Waals surface area contributed by atoms with Gasteiger partial charge in [-0.25, -0.2) is 0 Å². The fourth-order valence-electron chi connectivity index (χ4n) is 1.71. The van der Waals surface area contributed by atoms with E-state index in [-0.39, 0.29) is 5.75 Å². The molecule has 0 radical (unpaired) electrons. The summed E-state index contributed by atoms with van der Waals surface area (Å²) in [6.07, 6.45) is 2.81. The Kier molecular flexibility index (Phi) is 4.66. The van der Waals surface area contributed by atoms with E-state index in [1.54, 1.807) is 23.1 Å². The number of aliphatic hydroxyl groups excluding tert-OH is 1. The molecule has 2 rings (SSSR count). The topological polar surface area (TPSA) is 55.1 Å². The first-order valence-corrected chi connectivity index (χ1v) is 7.27. The van der Waals surface area contributed by atoms with E-state index in [0.717, 1.165) is 5.56 Å². The molecule has 0 aliphatic rings. The van der Waals surface area contributed by atoms with Crippen LogP contribution in [0.5, 0.6) is 0 Å². The van der Waals surface area contributed by atoms with Crippen molar-refractivity contribution in [2.24, 2.45) is 0 Å². The van der Waals surface area contributed by atoms with Crippen LogP contribution in [0, 0.1) is 0 Å². The predicted octanol–water partition coefficient (Wildman–Crippen LogP) is 1.19. The van der Waals surface area contributed by atoms with Crippen LogP contribution in [0.2, 0.25) is 0 Å². The van der Waals surface area contributed by atoms with Crippen LogP contribution in [0.4, 0.5) is 0 Å². The van der Waals surface area contributed by atoms with Gasteiger partial charge in [0, 0.05) is 28.9 Å². The van der Waals surface area contributed by atoms with Gasteiger partial charge in [-0.2, -0.15) is 5.10 Å². The standard InChI is InChI=1S/C13H16N2O2S/c16-13(9-15-8-4-7-14-15)11-18(17)10-12-5-2-1-3-6-12/h1-8,13,16H,9-11H2/t13-,18-/m1/s1. The van der Waals surface area contributed by atoms with Gasteiger partial charge in [0.2, 0.25) is 0 Å². The molecule has 2 atom stereocenters. The Bertz CT molecular complexity index is 485. The zero-order valence-corrected chi connectivity index (χ0v) is 10.8. The molecule has 0 aliphatic heterocycles. The van der Waals surface area contributed by atoms with Gasteiger partial charge in [0.1, 0.15) is 0 Å². The summed E-state index contributed by atoms with van der Waals surface area (Å²) in [7, 11) is -1.05. The minimum absolute atomic E-state index is 0.273. The Morgan fingerprint density at radius 2 is 2.06 bits per heavy atom. The van der Waals surface area contributed by atoms with Crippen LogP contribution in [0.3, 0.4) is 0 Å². The summed E-state index contributed by atoms with van der Waals surface area (Å²) in [4.78, 5) is 0. The molecule has 1 heterocycles. The molecular formula is C13H16N2O2S. The lowest BCUT2D eigenvalue weighted by molar-refractivity contribution is 0.172. The number of benzene rings is 1. The van der Waals surface area contributed by atoms with Crippen molar-refractivity contribution in [1.82, 2.24) is 9.78 Å². The second-order valence-corrected chi connectivity index (χ2v) is 5.62. The lowest BCUT2D eigenvalue weighted by Gasteiger charge is -2.10. The molecule has 96 valence electrons. The Balaban J connectivity index is 1.80. The van der Waals surface area contributed by atoms with Gasteiger partial charge < -0.3 is 5.11 Å². The summed E-state index contributed by atoms with van der Waals surface area (Å²) in [5, 5.41) is 13.8. The Labute approximate surface area is 109 Å². The first-order chi connectivity index (χ1) is 8.74. The van der Waals surface area contributed by atoms with E-state index in [4.69, 9.17) is 0 Å². The highest BCUT2D eigenvalue weighted by atomic mass is 32.2. The van der Waals surface area contributed by atoms with Crippen LogP contribution >= 0.6 is 0 Å². The van der Waals surface area contributed by atoms with Gasteiger partial charge in [0.05, 0.1) is 18.4 Å². The molecule has 0 aliphatic carbocycles. The SMILES string of the molecule is O=[S@](Cc1ccccc1)C[C@H](O)Cn1cccn1. The lowest BCUT2D eigenvalue weighted by atomic mass is 10.2. The summed E-state index contributed by atoms with van der Waals surface area (Å²) >= 11 is 0. The van der Waals surface area contributed by atoms with Crippen LogP contribution in [0.1, 0.15) is 5.56 Å². The number of aromatic nitrogens is 2. The normalized spacial score (nSPS) is 14.3. The minimum Gasteiger partial charge on any atom is -0.390 e. The van der Waals surface area contributed by atoms with Gasteiger partial charge in [-0.15, -0.1) is 0 Å². The summed E-state index contributed by atoms with van der Waals surface area (Å²) in [5.74, 6) is 0.756. The van der Waals surface area contributed by atoms with Gasteiger partial charge in [-0.1, -0.05) is 30.3 Å². The fraction of sp³-hybridized carbons (Fsp3) is 0.308. The highest BCUT2D eigenvalue weighted by Crippen LogP contribution is 2.04. The fourth-order valence-corrected chi connectivity index (χ4v) is 2.93. The quantitative estimate of drug-likeness (QED) is 0.852. The molecule has 5 heteroatoms. The summed E-state index contributed by atoms with van der Waals surface area (Å²) in [6, 6.07) is 11.5. The zero-order valence-electron chi connectivity index (χ0n) is 9.98. The molecule has 2 aromatic rings. The lowest BCUT2D eigenvalue weighted by Crippen LogP contribution is -2.23. The highest BCUT2D eigenvalue weighted by Gasteiger charge is 2.10. The van der Waals surface area contributed by atoms with Crippen molar-refractivity contribution < 1.29 is 9.32 Å². The Morgan fingerprint density at radius 3 is 2.72 bits per heavy atom. The van der Waals surface area contributed by atoms with Crippen LogP contribution in [0.25, 0.3) is 0 Å². The monoisotopic (exact) mass is 264 g/mol. The number of hydrogen-bond donors (Lipinski definition) is 1. The van der Waals surface area contributed by atoms with Crippen LogP contribution in [-0.2, 0) is 23.1 Å². The van der Waals surface area contributed by atoms with E-state index in [0.29, 0.717) is 12.3 Å². The second kappa shape index (κ2) is 6.47. The maximum atomic E-state index is 11.9. The zero-order chi connectivity index (χ0) is 12.8. The predicted molar refractivity (Wildman–Crippen MR) is 71.4 cm³/mol. The van der Waals surface area contributed by atoms with E-state index < -0.39 is 16.9 Å². The molecule has 1 aromatic heterocycles. The van der Waals surface area contributed by atoms with Crippen molar-refractivity contribution in [2.45, 2.75) is 18.4 Å². The molecule has 0 amide bonds. The van der Waals surface area contributed by atoms with Gasteiger partial charge >= 0.3 is 0 Å². The van der Waals surface area contributed by atoms with Crippen LogP contribution in [0.15, 0.2) is 48.8 Å². The third-order valence-electron chi connectivity index (χ3n) is 2.51. The van der Waals surface area contributed by atoms with Crippen molar-refractivity contribution >= 4 is 10.8 Å². The molecule has 0 saturated carbocycles. The maximum absolute atomic E-state index is 11.9. The van der Waals surface area contributed by atoms with Gasteiger partial charge in [0.15, 0.2) is 0 Å². The first kappa shape index (κ1) is 13.0. The number of hydrogen-bond acceptors (Lipinski definition) is 3.